The Labute approximate surface area is 121 Å². The van der Waals surface area contributed by atoms with Gasteiger partial charge in [0.05, 0.1) is 0 Å². The van der Waals surface area contributed by atoms with Crippen molar-refractivity contribution >= 4 is 5.69 Å². The van der Waals surface area contributed by atoms with Crippen LogP contribution in [-0.4, -0.2) is 11.4 Å². The summed E-state index contributed by atoms with van der Waals surface area (Å²) < 4.78 is 0. The van der Waals surface area contributed by atoms with Crippen LogP contribution in [0.25, 0.3) is 0 Å². The van der Waals surface area contributed by atoms with E-state index < -0.39 is 0 Å². The van der Waals surface area contributed by atoms with Crippen LogP contribution in [0.15, 0.2) is 36.4 Å². The van der Waals surface area contributed by atoms with Crippen LogP contribution in [0.5, 0.6) is 0 Å². The number of hydrogen-bond donors (Lipinski definition) is 1. The molecule has 0 amide bonds. The van der Waals surface area contributed by atoms with E-state index >= 15 is 0 Å². The van der Waals surface area contributed by atoms with Crippen molar-refractivity contribution in [3.63, 3.8) is 0 Å². The van der Waals surface area contributed by atoms with Crippen LogP contribution in [-0.2, 0) is 19.5 Å². The summed E-state index contributed by atoms with van der Waals surface area (Å²) in [6, 6.07) is 13.1. The molecular formula is C18H22N2. The van der Waals surface area contributed by atoms with Crippen LogP contribution in [0, 0.1) is 13.8 Å². The highest BCUT2D eigenvalue weighted by Crippen LogP contribution is 2.25. The number of rotatable bonds is 2. The number of anilines is 1. The van der Waals surface area contributed by atoms with E-state index in [1.807, 2.05) is 6.07 Å². The van der Waals surface area contributed by atoms with E-state index in [-0.39, 0.29) is 0 Å². The molecule has 0 saturated heterocycles. The second-order valence-electron chi connectivity index (χ2n) is 5.86. The molecule has 3 rings (SSSR count). The molecule has 0 aromatic heterocycles. The summed E-state index contributed by atoms with van der Waals surface area (Å²) in [7, 11) is 0. The zero-order valence-electron chi connectivity index (χ0n) is 12.3. The van der Waals surface area contributed by atoms with Gasteiger partial charge in [0.15, 0.2) is 0 Å². The molecule has 2 aromatic carbocycles. The third kappa shape index (κ3) is 2.56. The third-order valence-corrected chi connectivity index (χ3v) is 4.36. The number of nitrogens with two attached hydrogens (primary N) is 1. The van der Waals surface area contributed by atoms with Gasteiger partial charge in [0.2, 0.25) is 0 Å². The molecule has 104 valence electrons. The lowest BCUT2D eigenvalue weighted by Crippen LogP contribution is -2.30. The fourth-order valence-corrected chi connectivity index (χ4v) is 2.99. The first-order valence-corrected chi connectivity index (χ1v) is 7.28. The summed E-state index contributed by atoms with van der Waals surface area (Å²) >= 11 is 0. The minimum Gasteiger partial charge on any atom is -0.398 e. The van der Waals surface area contributed by atoms with Gasteiger partial charge in [-0.2, -0.15) is 0 Å². The Balaban J connectivity index is 1.76. The molecule has 0 bridgehead atoms. The van der Waals surface area contributed by atoms with Crippen LogP contribution >= 0.6 is 0 Å². The highest BCUT2D eigenvalue weighted by Gasteiger charge is 2.17. The molecule has 2 N–H and O–H groups in total. The minimum absolute atomic E-state index is 0.952. The highest BCUT2D eigenvalue weighted by molar-refractivity contribution is 5.51. The summed E-state index contributed by atoms with van der Waals surface area (Å²) in [5.74, 6) is 0. The molecular weight excluding hydrogens is 244 g/mol. The van der Waals surface area contributed by atoms with E-state index in [1.165, 1.54) is 27.8 Å². The van der Waals surface area contributed by atoms with Crippen molar-refractivity contribution in [1.82, 2.24) is 4.90 Å². The lowest BCUT2D eigenvalue weighted by molar-refractivity contribution is 0.246. The molecule has 0 atom stereocenters. The first-order valence-electron chi connectivity index (χ1n) is 7.28. The van der Waals surface area contributed by atoms with Crippen LogP contribution < -0.4 is 5.73 Å². The predicted molar refractivity (Wildman–Crippen MR) is 84.6 cm³/mol. The van der Waals surface area contributed by atoms with Gasteiger partial charge in [-0.1, -0.05) is 30.3 Å². The molecule has 1 heterocycles. The van der Waals surface area contributed by atoms with Gasteiger partial charge in [-0.05, 0) is 54.2 Å². The average Bonchev–Trinajstić information content (AvgIpc) is 2.43. The van der Waals surface area contributed by atoms with Crippen molar-refractivity contribution in [2.75, 3.05) is 12.3 Å². The number of aryl methyl sites for hydroxylation is 2. The van der Waals surface area contributed by atoms with E-state index in [0.717, 1.165) is 31.7 Å². The molecule has 2 aromatic rings. The van der Waals surface area contributed by atoms with Crippen LogP contribution in [0.1, 0.15) is 27.8 Å². The zero-order chi connectivity index (χ0) is 14.1. The number of hydrogen-bond acceptors (Lipinski definition) is 2. The summed E-state index contributed by atoms with van der Waals surface area (Å²) in [5.41, 5.74) is 13.9. The molecule has 0 aliphatic carbocycles. The van der Waals surface area contributed by atoms with Crippen LogP contribution in [0.2, 0.25) is 0 Å². The quantitative estimate of drug-likeness (QED) is 0.844. The van der Waals surface area contributed by atoms with Gasteiger partial charge < -0.3 is 5.73 Å². The van der Waals surface area contributed by atoms with Crippen molar-refractivity contribution in [3.05, 3.63) is 64.2 Å². The van der Waals surface area contributed by atoms with Gasteiger partial charge in [0.1, 0.15) is 0 Å². The standard InChI is InChI=1S/C18H22N2/c1-13-6-7-15(10-14(13)2)11-20-9-8-17-16(12-20)4-3-5-18(17)19/h3-7,10H,8-9,11-12,19H2,1-2H3. The van der Waals surface area contributed by atoms with Crippen molar-refractivity contribution in [3.8, 4) is 0 Å². The SMILES string of the molecule is Cc1ccc(CN2CCc3c(N)cccc3C2)cc1C. The molecule has 2 heteroatoms. The summed E-state index contributed by atoms with van der Waals surface area (Å²) in [5, 5.41) is 0. The number of fused-ring (bicyclic) bond motifs is 1. The Hall–Kier alpha value is -1.80. The fraction of sp³-hybridized carbons (Fsp3) is 0.333. The molecule has 2 nitrogen and oxygen atoms in total. The molecule has 0 radical (unpaired) electrons. The maximum absolute atomic E-state index is 6.06. The molecule has 1 aliphatic heterocycles. The molecule has 1 aliphatic rings. The second kappa shape index (κ2) is 5.29. The molecule has 20 heavy (non-hydrogen) atoms. The van der Waals surface area contributed by atoms with Gasteiger partial charge in [-0.25, -0.2) is 0 Å². The second-order valence-corrected chi connectivity index (χ2v) is 5.86. The Kier molecular flexibility index (Phi) is 3.49. The monoisotopic (exact) mass is 266 g/mol. The van der Waals surface area contributed by atoms with E-state index in [1.54, 1.807) is 0 Å². The molecule has 0 unspecified atom stereocenters. The van der Waals surface area contributed by atoms with E-state index in [9.17, 15) is 0 Å². The first kappa shape index (κ1) is 13.2. The number of nitrogens with zero attached hydrogens (tertiary/aromatic N) is 1. The third-order valence-electron chi connectivity index (χ3n) is 4.36. The highest BCUT2D eigenvalue weighted by atomic mass is 15.1. The molecule has 0 spiro atoms. The predicted octanol–water partition coefficient (Wildman–Crippen LogP) is 3.44. The number of benzene rings is 2. The Morgan fingerprint density at radius 3 is 2.75 bits per heavy atom. The maximum atomic E-state index is 6.06. The van der Waals surface area contributed by atoms with Crippen molar-refractivity contribution in [2.24, 2.45) is 0 Å². The van der Waals surface area contributed by atoms with Gasteiger partial charge in [-0.3, -0.25) is 4.90 Å². The number of nitrogen functional groups attached to an aromatic ring is 1. The van der Waals surface area contributed by atoms with Crippen molar-refractivity contribution in [1.29, 1.82) is 0 Å². The normalized spacial score (nSPS) is 15.1. The lowest BCUT2D eigenvalue weighted by Gasteiger charge is -2.29. The van der Waals surface area contributed by atoms with Gasteiger partial charge in [-0.15, -0.1) is 0 Å². The van der Waals surface area contributed by atoms with Crippen LogP contribution in [0.4, 0.5) is 5.69 Å². The summed E-state index contributed by atoms with van der Waals surface area (Å²) in [6.45, 7) is 7.47. The van der Waals surface area contributed by atoms with Crippen molar-refractivity contribution < 1.29 is 0 Å². The van der Waals surface area contributed by atoms with Gasteiger partial charge >= 0.3 is 0 Å². The molecule has 0 saturated carbocycles. The van der Waals surface area contributed by atoms with Crippen molar-refractivity contribution in [2.45, 2.75) is 33.4 Å². The Morgan fingerprint density at radius 2 is 1.95 bits per heavy atom. The zero-order valence-corrected chi connectivity index (χ0v) is 12.3. The van der Waals surface area contributed by atoms with E-state index in [4.69, 9.17) is 5.73 Å². The fourth-order valence-electron chi connectivity index (χ4n) is 2.99. The maximum Gasteiger partial charge on any atom is 0.0350 e. The van der Waals surface area contributed by atoms with Gasteiger partial charge in [0.25, 0.3) is 0 Å². The topological polar surface area (TPSA) is 29.3 Å². The first-order chi connectivity index (χ1) is 9.63. The minimum atomic E-state index is 0.952. The van der Waals surface area contributed by atoms with E-state index in [2.05, 4.69) is 49.1 Å². The van der Waals surface area contributed by atoms with Crippen LogP contribution in [0.3, 0.4) is 0 Å². The van der Waals surface area contributed by atoms with Gasteiger partial charge in [0, 0.05) is 25.3 Å². The summed E-state index contributed by atoms with van der Waals surface area (Å²) in [6.07, 6.45) is 1.06. The molecule has 0 fully saturated rings. The van der Waals surface area contributed by atoms with E-state index in [0.29, 0.717) is 0 Å². The largest absolute Gasteiger partial charge is 0.398 e. The smallest absolute Gasteiger partial charge is 0.0350 e. The Morgan fingerprint density at radius 1 is 1.10 bits per heavy atom. The average molecular weight is 266 g/mol. The Bertz CT molecular complexity index is 631. The lowest BCUT2D eigenvalue weighted by atomic mass is 9.97. The summed E-state index contributed by atoms with van der Waals surface area (Å²) in [4.78, 5) is 2.51.